The smallest absolute Gasteiger partial charge is 0.00828 e. The van der Waals surface area contributed by atoms with Crippen LogP contribution in [0.15, 0.2) is 0 Å². The number of nitrogens with one attached hydrogen (secondary N) is 2. The van der Waals surface area contributed by atoms with E-state index in [2.05, 4.69) is 10.6 Å². The van der Waals surface area contributed by atoms with Crippen LogP contribution in [0.1, 0.15) is 12.8 Å². The Morgan fingerprint density at radius 1 is 1.22 bits per heavy atom. The molecule has 2 nitrogen and oxygen atoms in total. The molecule has 0 amide bonds. The minimum absolute atomic E-state index is 0.838. The van der Waals surface area contributed by atoms with Gasteiger partial charge in [0, 0.05) is 6.04 Å². The van der Waals surface area contributed by atoms with Gasteiger partial charge in [-0.15, -0.1) is 0 Å². The zero-order chi connectivity index (χ0) is 6.10. The highest BCUT2D eigenvalue weighted by molar-refractivity contribution is 4.85. The molecule has 52 valence electrons. The van der Waals surface area contributed by atoms with Crippen LogP contribution in [0.3, 0.4) is 0 Å². The summed E-state index contributed by atoms with van der Waals surface area (Å²) in [5, 5.41) is 6.96. The quantitative estimate of drug-likeness (QED) is 0.476. The Kier molecular flexibility index (Phi) is 1.44. The fourth-order valence-corrected chi connectivity index (χ4v) is 1.86. The Balaban J connectivity index is 1.99. The summed E-state index contributed by atoms with van der Waals surface area (Å²) in [6, 6.07) is 0.838. The van der Waals surface area contributed by atoms with Crippen molar-refractivity contribution in [3.63, 3.8) is 0 Å². The van der Waals surface area contributed by atoms with Gasteiger partial charge in [0.1, 0.15) is 0 Å². The van der Waals surface area contributed by atoms with Crippen molar-refractivity contribution < 1.29 is 0 Å². The molecular formula is C7H14N2. The topological polar surface area (TPSA) is 24.1 Å². The summed E-state index contributed by atoms with van der Waals surface area (Å²) in [5.74, 6) is 0.928. The molecule has 2 atom stereocenters. The molecule has 2 rings (SSSR count). The van der Waals surface area contributed by atoms with Crippen LogP contribution in [-0.2, 0) is 0 Å². The van der Waals surface area contributed by atoms with Crippen molar-refractivity contribution in [3.8, 4) is 0 Å². The van der Waals surface area contributed by atoms with Crippen molar-refractivity contribution in [3.05, 3.63) is 0 Å². The summed E-state index contributed by atoms with van der Waals surface area (Å²) < 4.78 is 0. The van der Waals surface area contributed by atoms with E-state index in [9.17, 15) is 0 Å². The first-order chi connectivity index (χ1) is 4.45. The first kappa shape index (κ1) is 5.69. The predicted molar refractivity (Wildman–Crippen MR) is 37.4 cm³/mol. The molecule has 2 aliphatic heterocycles. The van der Waals surface area contributed by atoms with Crippen molar-refractivity contribution in [1.82, 2.24) is 10.6 Å². The van der Waals surface area contributed by atoms with Gasteiger partial charge in [-0.05, 0) is 38.4 Å². The molecule has 0 aromatic rings. The summed E-state index contributed by atoms with van der Waals surface area (Å²) in [6.07, 6.45) is 2.74. The average Bonchev–Trinajstić information content (AvgIpc) is 2.09. The van der Waals surface area contributed by atoms with E-state index in [1.807, 2.05) is 0 Å². The van der Waals surface area contributed by atoms with Crippen LogP contribution < -0.4 is 10.6 Å². The lowest BCUT2D eigenvalue weighted by Gasteiger charge is -2.09. The molecule has 2 fully saturated rings. The van der Waals surface area contributed by atoms with Crippen LogP contribution in [0.5, 0.6) is 0 Å². The highest BCUT2D eigenvalue weighted by Crippen LogP contribution is 2.17. The molecule has 2 aliphatic rings. The molecule has 2 saturated heterocycles. The zero-order valence-electron chi connectivity index (χ0n) is 5.69. The van der Waals surface area contributed by atoms with Crippen LogP contribution in [0.4, 0.5) is 0 Å². The first-order valence-electron chi connectivity index (χ1n) is 3.89. The molecule has 0 saturated carbocycles. The van der Waals surface area contributed by atoms with Crippen molar-refractivity contribution in [2.24, 2.45) is 5.92 Å². The molecule has 2 heterocycles. The molecular weight excluding hydrogens is 112 g/mol. The maximum absolute atomic E-state index is 3.52. The Morgan fingerprint density at radius 2 is 2.22 bits per heavy atom. The summed E-state index contributed by atoms with van der Waals surface area (Å²) >= 11 is 0. The lowest BCUT2D eigenvalue weighted by molar-refractivity contribution is 0.515. The fourth-order valence-electron chi connectivity index (χ4n) is 1.86. The van der Waals surface area contributed by atoms with Crippen molar-refractivity contribution in [1.29, 1.82) is 0 Å². The maximum atomic E-state index is 3.52. The minimum Gasteiger partial charge on any atom is -0.316 e. The third-order valence-corrected chi connectivity index (χ3v) is 2.42. The Hall–Kier alpha value is -0.0800. The summed E-state index contributed by atoms with van der Waals surface area (Å²) in [5.41, 5.74) is 0. The summed E-state index contributed by atoms with van der Waals surface area (Å²) in [6.45, 7) is 3.70. The number of fused-ring (bicyclic) bond motifs is 2. The van der Waals surface area contributed by atoms with Crippen molar-refractivity contribution >= 4 is 0 Å². The molecule has 0 spiro atoms. The van der Waals surface area contributed by atoms with Gasteiger partial charge in [0.25, 0.3) is 0 Å². The highest BCUT2D eigenvalue weighted by Gasteiger charge is 2.25. The lowest BCUT2D eigenvalue weighted by atomic mass is 10.1. The van der Waals surface area contributed by atoms with Gasteiger partial charge in [0.05, 0.1) is 0 Å². The molecule has 2 heteroatoms. The average molecular weight is 126 g/mol. The molecule has 2 N–H and O–H groups in total. The van der Waals surface area contributed by atoms with Crippen molar-refractivity contribution in [2.75, 3.05) is 19.6 Å². The van der Waals surface area contributed by atoms with E-state index >= 15 is 0 Å². The largest absolute Gasteiger partial charge is 0.316 e. The number of rotatable bonds is 0. The van der Waals surface area contributed by atoms with E-state index in [0.29, 0.717) is 0 Å². The monoisotopic (exact) mass is 126 g/mol. The molecule has 0 aromatic carbocycles. The third-order valence-electron chi connectivity index (χ3n) is 2.42. The Bertz CT molecular complexity index is 91.1. The van der Waals surface area contributed by atoms with Gasteiger partial charge in [-0.1, -0.05) is 0 Å². The summed E-state index contributed by atoms with van der Waals surface area (Å²) in [7, 11) is 0. The highest BCUT2D eigenvalue weighted by atomic mass is 15.0. The second kappa shape index (κ2) is 2.27. The second-order valence-electron chi connectivity index (χ2n) is 3.20. The normalized spacial score (nSPS) is 42.7. The molecule has 2 bridgehead atoms. The van der Waals surface area contributed by atoms with E-state index in [1.54, 1.807) is 0 Å². The summed E-state index contributed by atoms with van der Waals surface area (Å²) in [4.78, 5) is 0. The van der Waals surface area contributed by atoms with Gasteiger partial charge >= 0.3 is 0 Å². The van der Waals surface area contributed by atoms with Gasteiger partial charge in [-0.25, -0.2) is 0 Å². The molecule has 0 aromatic heterocycles. The minimum atomic E-state index is 0.838. The maximum Gasteiger partial charge on any atom is 0.00828 e. The van der Waals surface area contributed by atoms with E-state index in [1.165, 1.54) is 32.5 Å². The number of hydrogen-bond acceptors (Lipinski definition) is 2. The van der Waals surface area contributed by atoms with E-state index in [4.69, 9.17) is 0 Å². The van der Waals surface area contributed by atoms with E-state index < -0.39 is 0 Å². The molecule has 9 heavy (non-hydrogen) atoms. The van der Waals surface area contributed by atoms with Crippen LogP contribution in [0.2, 0.25) is 0 Å². The van der Waals surface area contributed by atoms with E-state index in [0.717, 1.165) is 12.0 Å². The van der Waals surface area contributed by atoms with Gasteiger partial charge in [-0.2, -0.15) is 0 Å². The van der Waals surface area contributed by atoms with Crippen LogP contribution in [0, 0.1) is 5.92 Å². The van der Waals surface area contributed by atoms with Crippen LogP contribution in [0.25, 0.3) is 0 Å². The first-order valence-corrected chi connectivity index (χ1v) is 3.89. The number of hydrogen-bond donors (Lipinski definition) is 2. The molecule has 0 aliphatic carbocycles. The van der Waals surface area contributed by atoms with Crippen LogP contribution >= 0.6 is 0 Å². The second-order valence-corrected chi connectivity index (χ2v) is 3.20. The van der Waals surface area contributed by atoms with Gasteiger partial charge in [0.15, 0.2) is 0 Å². The lowest BCUT2D eigenvalue weighted by Crippen LogP contribution is -2.30. The third kappa shape index (κ3) is 1.10. The van der Waals surface area contributed by atoms with Crippen LogP contribution in [-0.4, -0.2) is 25.7 Å². The van der Waals surface area contributed by atoms with Crippen molar-refractivity contribution in [2.45, 2.75) is 18.9 Å². The Labute approximate surface area is 56.0 Å². The standard InChI is InChI=1S/C7H14N2/c1-2-8-4-6-3-7(1)9-5-6/h6-9H,1-5H2. The SMILES string of the molecule is C1CC2CC(CN1)CN2. The molecule has 0 radical (unpaired) electrons. The predicted octanol–water partition coefficient (Wildman–Crippen LogP) is -0.0422. The molecule has 2 unspecified atom stereocenters. The fraction of sp³-hybridized carbons (Fsp3) is 1.00. The zero-order valence-corrected chi connectivity index (χ0v) is 5.69. The van der Waals surface area contributed by atoms with Gasteiger partial charge < -0.3 is 10.6 Å². The van der Waals surface area contributed by atoms with Gasteiger partial charge in [-0.3, -0.25) is 0 Å². The Morgan fingerprint density at radius 3 is 3.22 bits per heavy atom. The van der Waals surface area contributed by atoms with Gasteiger partial charge in [0.2, 0.25) is 0 Å². The van der Waals surface area contributed by atoms with E-state index in [-0.39, 0.29) is 0 Å².